The molecule has 2 heterocycles. The monoisotopic (exact) mass is 338 g/mol. The number of pyridine rings is 1. The van der Waals surface area contributed by atoms with Gasteiger partial charge >= 0.3 is 0 Å². The van der Waals surface area contributed by atoms with E-state index < -0.39 is 0 Å². The van der Waals surface area contributed by atoms with Gasteiger partial charge in [0.25, 0.3) is 0 Å². The van der Waals surface area contributed by atoms with E-state index in [-0.39, 0.29) is 0 Å². The van der Waals surface area contributed by atoms with E-state index >= 15 is 0 Å². The van der Waals surface area contributed by atoms with Crippen molar-refractivity contribution in [1.29, 1.82) is 0 Å². The number of hydrogen-bond acceptors (Lipinski definition) is 1. The van der Waals surface area contributed by atoms with Crippen molar-refractivity contribution in [3.8, 4) is 11.3 Å². The number of benzene rings is 3. The summed E-state index contributed by atoms with van der Waals surface area (Å²) in [5, 5.41) is 4.72. The average molecular weight is 338 g/mol. The molecule has 0 unspecified atom stereocenters. The Hall–Kier alpha value is -3.13. The summed E-state index contributed by atoms with van der Waals surface area (Å²) < 4.78 is 8.68. The van der Waals surface area contributed by atoms with E-state index in [0.29, 0.717) is 0 Å². The van der Waals surface area contributed by atoms with Crippen LogP contribution in [0.3, 0.4) is 0 Å². The molecular weight excluding hydrogens is 318 g/mol. The van der Waals surface area contributed by atoms with Gasteiger partial charge in [-0.3, -0.25) is 0 Å². The molecule has 0 bridgehead atoms. The normalized spacial score (nSPS) is 11.7. The molecule has 2 aromatic heterocycles. The summed E-state index contributed by atoms with van der Waals surface area (Å²) in [5.41, 5.74) is 6.77. The molecule has 2 nitrogen and oxygen atoms in total. The van der Waals surface area contributed by atoms with Crippen molar-refractivity contribution >= 4 is 32.7 Å². The van der Waals surface area contributed by atoms with Gasteiger partial charge in [0, 0.05) is 28.3 Å². The van der Waals surface area contributed by atoms with Gasteiger partial charge in [-0.15, -0.1) is 0 Å². The zero-order chi connectivity index (χ0) is 17.8. The number of hydrogen-bond donors (Lipinski definition) is 0. The van der Waals surface area contributed by atoms with Crippen LogP contribution in [0.5, 0.6) is 0 Å². The van der Waals surface area contributed by atoms with Gasteiger partial charge in [-0.2, -0.15) is 0 Å². The Morgan fingerprint density at radius 1 is 0.769 bits per heavy atom. The van der Waals surface area contributed by atoms with Crippen LogP contribution in [0.1, 0.15) is 11.1 Å². The number of nitrogens with zero attached hydrogens (tertiary/aromatic N) is 1. The van der Waals surface area contributed by atoms with E-state index in [9.17, 15) is 0 Å². The van der Waals surface area contributed by atoms with Crippen LogP contribution in [0.25, 0.3) is 44.0 Å². The van der Waals surface area contributed by atoms with Gasteiger partial charge in [0.2, 0.25) is 5.69 Å². The summed E-state index contributed by atoms with van der Waals surface area (Å²) in [4.78, 5) is 0. The average Bonchev–Trinajstić information content (AvgIpc) is 3.03. The molecule has 0 aliphatic rings. The molecule has 0 atom stereocenters. The molecule has 5 rings (SSSR count). The number of aromatic nitrogens is 1. The molecule has 2 heteroatoms. The van der Waals surface area contributed by atoms with Gasteiger partial charge in [0.15, 0.2) is 6.20 Å². The maximum absolute atomic E-state index is 6.51. The van der Waals surface area contributed by atoms with Gasteiger partial charge in [0.1, 0.15) is 18.2 Å². The van der Waals surface area contributed by atoms with Crippen LogP contribution in [0.2, 0.25) is 0 Å². The molecule has 0 spiro atoms. The Kier molecular flexibility index (Phi) is 3.17. The number of furan rings is 1. The largest absolute Gasteiger partial charge is 0.454 e. The second-order valence-electron chi connectivity index (χ2n) is 7.10. The highest BCUT2D eigenvalue weighted by Gasteiger charge is 2.21. The molecule has 26 heavy (non-hydrogen) atoms. The number of aryl methyl sites for hydroxylation is 3. The van der Waals surface area contributed by atoms with E-state index in [1.54, 1.807) is 0 Å². The molecule has 0 saturated heterocycles. The summed E-state index contributed by atoms with van der Waals surface area (Å²) in [6.45, 7) is 4.29. The summed E-state index contributed by atoms with van der Waals surface area (Å²) in [7, 11) is 2.09. The van der Waals surface area contributed by atoms with Crippen molar-refractivity contribution in [1.82, 2.24) is 0 Å². The smallest absolute Gasteiger partial charge is 0.216 e. The van der Waals surface area contributed by atoms with Crippen LogP contribution in [0.15, 0.2) is 71.3 Å². The van der Waals surface area contributed by atoms with Crippen LogP contribution in [0, 0.1) is 13.8 Å². The Morgan fingerprint density at radius 2 is 1.54 bits per heavy atom. The summed E-state index contributed by atoms with van der Waals surface area (Å²) in [6.07, 6.45) is 2.11. The lowest BCUT2D eigenvalue weighted by Crippen LogP contribution is -2.30. The molecule has 0 aliphatic heterocycles. The van der Waals surface area contributed by atoms with Crippen LogP contribution >= 0.6 is 0 Å². The molecule has 3 aromatic carbocycles. The fourth-order valence-corrected chi connectivity index (χ4v) is 3.91. The lowest BCUT2D eigenvalue weighted by molar-refractivity contribution is -0.660. The van der Waals surface area contributed by atoms with Crippen molar-refractivity contribution < 1.29 is 8.98 Å². The van der Waals surface area contributed by atoms with Crippen LogP contribution in [-0.2, 0) is 7.05 Å². The Labute approximate surface area is 152 Å². The van der Waals surface area contributed by atoms with E-state index in [1.165, 1.54) is 43.9 Å². The Balaban J connectivity index is 1.96. The molecule has 0 saturated carbocycles. The zero-order valence-electron chi connectivity index (χ0n) is 15.2. The summed E-state index contributed by atoms with van der Waals surface area (Å²) in [5.74, 6) is 0. The van der Waals surface area contributed by atoms with Gasteiger partial charge in [0.05, 0.1) is 5.56 Å². The fraction of sp³-hybridized carbons (Fsp3) is 0.125. The lowest BCUT2D eigenvalue weighted by Gasteiger charge is -2.06. The topological polar surface area (TPSA) is 17.0 Å². The van der Waals surface area contributed by atoms with Crippen molar-refractivity contribution in [2.45, 2.75) is 13.8 Å². The zero-order valence-corrected chi connectivity index (χ0v) is 15.2. The quantitative estimate of drug-likeness (QED) is 0.351. The van der Waals surface area contributed by atoms with Crippen LogP contribution in [0.4, 0.5) is 0 Å². The first kappa shape index (κ1) is 15.2. The predicted octanol–water partition coefficient (Wildman–Crippen LogP) is 5.85. The minimum absolute atomic E-state index is 0.970. The first-order chi connectivity index (χ1) is 12.6. The standard InChI is InChI=1S/C24H20NO/c1-15-12-13-25(3)21(14-15)22-16(2)8-10-20-19-11-9-17-6-4-5-7-18(17)23(19)26-24(20)22/h4-14H,1-3H3/q+1. The van der Waals surface area contributed by atoms with E-state index in [0.717, 1.165) is 11.2 Å². The van der Waals surface area contributed by atoms with Gasteiger partial charge in [-0.25, -0.2) is 4.57 Å². The predicted molar refractivity (Wildman–Crippen MR) is 107 cm³/mol. The van der Waals surface area contributed by atoms with Crippen LogP contribution in [-0.4, -0.2) is 0 Å². The first-order valence-electron chi connectivity index (χ1n) is 8.94. The maximum Gasteiger partial charge on any atom is 0.216 e. The first-order valence-corrected chi connectivity index (χ1v) is 8.94. The molecule has 126 valence electrons. The Morgan fingerprint density at radius 3 is 2.42 bits per heavy atom. The molecule has 0 fully saturated rings. The maximum atomic E-state index is 6.51. The van der Waals surface area contributed by atoms with Crippen molar-refractivity contribution in [2.75, 3.05) is 0 Å². The van der Waals surface area contributed by atoms with E-state index in [2.05, 4.69) is 92.3 Å². The fourth-order valence-electron chi connectivity index (χ4n) is 3.91. The highest BCUT2D eigenvalue weighted by atomic mass is 16.3. The van der Waals surface area contributed by atoms with Crippen molar-refractivity contribution in [3.05, 3.63) is 78.0 Å². The van der Waals surface area contributed by atoms with E-state index in [4.69, 9.17) is 4.42 Å². The van der Waals surface area contributed by atoms with Gasteiger partial charge < -0.3 is 4.42 Å². The third kappa shape index (κ3) is 2.08. The molecule has 0 radical (unpaired) electrons. The van der Waals surface area contributed by atoms with Crippen LogP contribution < -0.4 is 4.57 Å². The van der Waals surface area contributed by atoms with E-state index in [1.807, 2.05) is 0 Å². The third-order valence-corrected chi connectivity index (χ3v) is 5.30. The van der Waals surface area contributed by atoms with Crippen molar-refractivity contribution in [3.63, 3.8) is 0 Å². The highest BCUT2D eigenvalue weighted by molar-refractivity contribution is 6.17. The SMILES string of the molecule is Cc1cc[n+](C)c(-c2c(C)ccc3c2oc2c4ccccc4ccc32)c1. The second-order valence-corrected chi connectivity index (χ2v) is 7.10. The molecule has 0 amide bonds. The summed E-state index contributed by atoms with van der Waals surface area (Å²) in [6, 6.07) is 21.5. The molecule has 0 aliphatic carbocycles. The lowest BCUT2D eigenvalue weighted by atomic mass is 9.99. The third-order valence-electron chi connectivity index (χ3n) is 5.30. The number of fused-ring (bicyclic) bond motifs is 5. The molecule has 5 aromatic rings. The minimum Gasteiger partial charge on any atom is -0.454 e. The minimum atomic E-state index is 0.970. The summed E-state index contributed by atoms with van der Waals surface area (Å²) >= 11 is 0. The van der Waals surface area contributed by atoms with Gasteiger partial charge in [-0.05, 0) is 36.4 Å². The number of rotatable bonds is 1. The van der Waals surface area contributed by atoms with Crippen molar-refractivity contribution in [2.24, 2.45) is 7.05 Å². The second kappa shape index (κ2) is 5.43. The molecular formula is C24H20NO+. The van der Waals surface area contributed by atoms with Gasteiger partial charge in [-0.1, -0.05) is 42.5 Å². The molecule has 0 N–H and O–H groups in total. The highest BCUT2D eigenvalue weighted by Crippen LogP contribution is 2.39. The Bertz CT molecular complexity index is 1310.